The van der Waals surface area contributed by atoms with Crippen LogP contribution in [0.5, 0.6) is 0 Å². The minimum Gasteiger partial charge on any atom is -0.394 e. The number of carbonyl (C=O) groups excluding carboxylic acids is 2. The maximum absolute atomic E-state index is 12.0. The molecule has 1 aromatic rings. The number of aryl methyl sites for hydroxylation is 2. The zero-order valence-electron chi connectivity index (χ0n) is 11.4. The number of aromatic nitrogens is 2. The fourth-order valence-corrected chi connectivity index (χ4v) is 1.62. The molecule has 0 radical (unpaired) electrons. The molecule has 0 aliphatic heterocycles. The van der Waals surface area contributed by atoms with Crippen LogP contribution in [-0.4, -0.2) is 38.7 Å². The molecule has 0 spiro atoms. The number of hydrogen-bond acceptors (Lipinski definition) is 4. The average molecular weight is 253 g/mol. The number of ketones is 1. The van der Waals surface area contributed by atoms with E-state index >= 15 is 0 Å². The van der Waals surface area contributed by atoms with Crippen LogP contribution in [0, 0.1) is 13.8 Å². The van der Waals surface area contributed by atoms with E-state index in [1.54, 1.807) is 39.4 Å². The molecule has 6 heteroatoms. The molecule has 1 amide bonds. The number of amides is 1. The maximum Gasteiger partial charge on any atom is 0.293 e. The molecule has 0 fully saturated rings. The van der Waals surface area contributed by atoms with E-state index in [1.165, 1.54) is 0 Å². The van der Waals surface area contributed by atoms with Gasteiger partial charge in [-0.25, -0.2) is 0 Å². The summed E-state index contributed by atoms with van der Waals surface area (Å²) in [4.78, 5) is 23.9. The third-order valence-electron chi connectivity index (χ3n) is 2.79. The molecular formula is C12H19N3O3. The Hall–Kier alpha value is -1.69. The third-order valence-corrected chi connectivity index (χ3v) is 2.79. The summed E-state index contributed by atoms with van der Waals surface area (Å²) >= 11 is 0. The van der Waals surface area contributed by atoms with Gasteiger partial charge in [0.25, 0.3) is 11.7 Å². The molecule has 1 rings (SSSR count). The first-order valence-electron chi connectivity index (χ1n) is 5.67. The molecule has 0 saturated heterocycles. The normalized spacial score (nSPS) is 11.4. The Labute approximate surface area is 106 Å². The second kappa shape index (κ2) is 4.89. The van der Waals surface area contributed by atoms with Gasteiger partial charge in [-0.05, 0) is 27.7 Å². The van der Waals surface area contributed by atoms with E-state index in [4.69, 9.17) is 5.11 Å². The van der Waals surface area contributed by atoms with Crippen LogP contribution < -0.4 is 5.32 Å². The van der Waals surface area contributed by atoms with E-state index < -0.39 is 17.2 Å². The lowest BCUT2D eigenvalue weighted by atomic mass is 10.0. The molecule has 0 aromatic carbocycles. The first kappa shape index (κ1) is 14.4. The minimum atomic E-state index is -0.823. The van der Waals surface area contributed by atoms with Crippen molar-refractivity contribution in [1.29, 1.82) is 0 Å². The van der Waals surface area contributed by atoms with E-state index in [0.717, 1.165) is 0 Å². The molecule has 0 saturated carbocycles. The first-order chi connectivity index (χ1) is 8.19. The van der Waals surface area contributed by atoms with Gasteiger partial charge in [0, 0.05) is 12.7 Å². The summed E-state index contributed by atoms with van der Waals surface area (Å²) in [5, 5.41) is 15.7. The quantitative estimate of drug-likeness (QED) is 0.589. The number of nitrogens with one attached hydrogen (secondary N) is 1. The zero-order valence-corrected chi connectivity index (χ0v) is 11.4. The lowest BCUT2D eigenvalue weighted by Gasteiger charge is -2.22. The van der Waals surface area contributed by atoms with Crippen LogP contribution in [0.2, 0.25) is 0 Å². The summed E-state index contributed by atoms with van der Waals surface area (Å²) in [6, 6.07) is 0. The molecule has 100 valence electrons. The lowest BCUT2D eigenvalue weighted by Crippen LogP contribution is -2.49. The van der Waals surface area contributed by atoms with Crippen molar-refractivity contribution in [3.8, 4) is 0 Å². The van der Waals surface area contributed by atoms with Crippen molar-refractivity contribution < 1.29 is 14.7 Å². The molecule has 0 aliphatic carbocycles. The molecule has 0 bridgehead atoms. The van der Waals surface area contributed by atoms with Gasteiger partial charge in [-0.15, -0.1) is 0 Å². The van der Waals surface area contributed by atoms with E-state index in [9.17, 15) is 9.59 Å². The highest BCUT2D eigenvalue weighted by atomic mass is 16.3. The van der Waals surface area contributed by atoms with Crippen LogP contribution in [0.1, 0.15) is 35.6 Å². The van der Waals surface area contributed by atoms with Crippen molar-refractivity contribution in [2.24, 2.45) is 7.05 Å². The second-order valence-corrected chi connectivity index (χ2v) is 4.99. The summed E-state index contributed by atoms with van der Waals surface area (Å²) in [6.07, 6.45) is 0. The molecule has 6 nitrogen and oxygen atoms in total. The van der Waals surface area contributed by atoms with Gasteiger partial charge in [0.1, 0.15) is 0 Å². The SMILES string of the molecule is Cc1nn(C)c(C)c1C(=O)C(=O)NC(C)(C)CO. The van der Waals surface area contributed by atoms with Gasteiger partial charge >= 0.3 is 0 Å². The highest BCUT2D eigenvalue weighted by molar-refractivity contribution is 6.43. The molecule has 1 aromatic heterocycles. The second-order valence-electron chi connectivity index (χ2n) is 4.99. The summed E-state index contributed by atoms with van der Waals surface area (Å²) in [7, 11) is 1.72. The van der Waals surface area contributed by atoms with Crippen LogP contribution in [-0.2, 0) is 11.8 Å². The number of rotatable bonds is 4. The Bertz CT molecular complexity index is 489. The predicted octanol–water partition coefficient (Wildman–Crippen LogP) is 0.107. The number of aliphatic hydroxyl groups is 1. The minimum absolute atomic E-state index is 0.239. The van der Waals surface area contributed by atoms with Crippen molar-refractivity contribution in [3.63, 3.8) is 0 Å². The summed E-state index contributed by atoms with van der Waals surface area (Å²) in [6.45, 7) is 6.46. The van der Waals surface area contributed by atoms with Gasteiger partial charge in [-0.1, -0.05) is 0 Å². The Kier molecular flexibility index (Phi) is 3.91. The Morgan fingerprint density at radius 2 is 1.94 bits per heavy atom. The third kappa shape index (κ3) is 2.76. The molecule has 18 heavy (non-hydrogen) atoms. The number of hydrogen-bond donors (Lipinski definition) is 2. The highest BCUT2D eigenvalue weighted by Gasteiger charge is 2.28. The van der Waals surface area contributed by atoms with Crippen molar-refractivity contribution >= 4 is 11.7 Å². The molecule has 0 aliphatic rings. The maximum atomic E-state index is 12.0. The lowest BCUT2D eigenvalue weighted by molar-refractivity contribution is -0.119. The van der Waals surface area contributed by atoms with Gasteiger partial charge in [-0.3, -0.25) is 14.3 Å². The van der Waals surface area contributed by atoms with Crippen molar-refractivity contribution in [3.05, 3.63) is 17.0 Å². The average Bonchev–Trinajstić information content (AvgIpc) is 2.52. The molecule has 1 heterocycles. The highest BCUT2D eigenvalue weighted by Crippen LogP contribution is 2.13. The number of aliphatic hydroxyl groups excluding tert-OH is 1. The molecule has 0 unspecified atom stereocenters. The molecule has 0 atom stereocenters. The van der Waals surface area contributed by atoms with Crippen LogP contribution in [0.3, 0.4) is 0 Å². The topological polar surface area (TPSA) is 84.2 Å². The largest absolute Gasteiger partial charge is 0.394 e. The monoisotopic (exact) mass is 253 g/mol. The van der Waals surface area contributed by atoms with E-state index in [-0.39, 0.29) is 6.61 Å². The van der Waals surface area contributed by atoms with Gasteiger partial charge in [0.05, 0.1) is 23.4 Å². The molecular weight excluding hydrogens is 234 g/mol. The number of Topliss-reactive ketones (excluding diaryl/α,β-unsaturated/α-hetero) is 1. The van der Waals surface area contributed by atoms with E-state index in [1.807, 2.05) is 0 Å². The number of carbonyl (C=O) groups is 2. The zero-order chi connectivity index (χ0) is 14.1. The van der Waals surface area contributed by atoms with Crippen LogP contribution in [0.4, 0.5) is 0 Å². The fourth-order valence-electron chi connectivity index (χ4n) is 1.62. The summed E-state index contributed by atoms with van der Waals surface area (Å²) < 4.78 is 1.56. The standard InChI is InChI=1S/C12H19N3O3/c1-7-9(8(2)15(5)14-7)10(17)11(18)13-12(3,4)6-16/h16H,6H2,1-5H3,(H,13,18). The predicted molar refractivity (Wildman–Crippen MR) is 66.3 cm³/mol. The van der Waals surface area contributed by atoms with E-state index in [0.29, 0.717) is 17.0 Å². The van der Waals surface area contributed by atoms with Gasteiger partial charge < -0.3 is 10.4 Å². The van der Waals surface area contributed by atoms with Crippen molar-refractivity contribution in [2.45, 2.75) is 33.2 Å². The Morgan fingerprint density at radius 3 is 2.33 bits per heavy atom. The van der Waals surface area contributed by atoms with Gasteiger partial charge in [0.2, 0.25) is 0 Å². The smallest absolute Gasteiger partial charge is 0.293 e. The Morgan fingerprint density at radius 1 is 1.39 bits per heavy atom. The van der Waals surface area contributed by atoms with Crippen LogP contribution >= 0.6 is 0 Å². The van der Waals surface area contributed by atoms with E-state index in [2.05, 4.69) is 10.4 Å². The van der Waals surface area contributed by atoms with Gasteiger partial charge in [0.15, 0.2) is 0 Å². The van der Waals surface area contributed by atoms with Crippen LogP contribution in [0.25, 0.3) is 0 Å². The Balaban J connectivity index is 2.98. The first-order valence-corrected chi connectivity index (χ1v) is 5.67. The van der Waals surface area contributed by atoms with Crippen LogP contribution in [0.15, 0.2) is 0 Å². The van der Waals surface area contributed by atoms with Crippen molar-refractivity contribution in [2.75, 3.05) is 6.61 Å². The number of nitrogens with zero attached hydrogens (tertiary/aromatic N) is 2. The van der Waals surface area contributed by atoms with Crippen molar-refractivity contribution in [1.82, 2.24) is 15.1 Å². The summed E-state index contributed by atoms with van der Waals surface area (Å²) in [5.41, 5.74) is 0.673. The molecule has 2 N–H and O–H groups in total. The van der Waals surface area contributed by atoms with Gasteiger partial charge in [-0.2, -0.15) is 5.10 Å². The fraction of sp³-hybridized carbons (Fsp3) is 0.583. The summed E-state index contributed by atoms with van der Waals surface area (Å²) in [5.74, 6) is -1.35.